The van der Waals surface area contributed by atoms with E-state index in [1.165, 1.54) is 5.56 Å². The molecule has 1 saturated heterocycles. The van der Waals surface area contributed by atoms with Crippen LogP contribution >= 0.6 is 0 Å². The van der Waals surface area contributed by atoms with E-state index in [1.807, 2.05) is 44.2 Å². The van der Waals surface area contributed by atoms with Gasteiger partial charge in [-0.05, 0) is 25.3 Å². The van der Waals surface area contributed by atoms with Gasteiger partial charge in [-0.3, -0.25) is 15.4 Å². The second-order valence-electron chi connectivity index (χ2n) is 6.68. The van der Waals surface area contributed by atoms with Gasteiger partial charge in [0, 0.05) is 25.1 Å². The Morgan fingerprint density at radius 3 is 2.85 bits per heavy atom. The van der Waals surface area contributed by atoms with Crippen LogP contribution < -0.4 is 21.3 Å². The second kappa shape index (κ2) is 8.68. The van der Waals surface area contributed by atoms with E-state index in [4.69, 9.17) is 0 Å². The van der Waals surface area contributed by atoms with Crippen LogP contribution in [-0.2, 0) is 11.2 Å². The van der Waals surface area contributed by atoms with Gasteiger partial charge in [-0.1, -0.05) is 37.3 Å². The predicted octanol–water partition coefficient (Wildman–Crippen LogP) is 1.90. The number of amides is 3. The van der Waals surface area contributed by atoms with Gasteiger partial charge in [0.05, 0.1) is 5.69 Å². The van der Waals surface area contributed by atoms with Crippen LogP contribution in [0.25, 0.3) is 0 Å². The predicted molar refractivity (Wildman–Crippen MR) is 103 cm³/mol. The summed E-state index contributed by atoms with van der Waals surface area (Å²) in [5.74, 6) is 0.497. The van der Waals surface area contributed by atoms with Crippen LogP contribution in [0.15, 0.2) is 36.4 Å². The number of hydrogen-bond donors (Lipinski definition) is 4. The number of carbonyl (C=O) groups excluding carboxylic acids is 2. The van der Waals surface area contributed by atoms with Crippen molar-refractivity contribution in [3.8, 4) is 0 Å². The van der Waals surface area contributed by atoms with Crippen molar-refractivity contribution >= 4 is 17.8 Å². The van der Waals surface area contributed by atoms with Crippen LogP contribution in [-0.4, -0.2) is 34.3 Å². The largest absolute Gasteiger partial charge is 0.337 e. The summed E-state index contributed by atoms with van der Waals surface area (Å²) in [6.07, 6.45) is 1.55. The number of nitrogens with zero attached hydrogens (tertiary/aromatic N) is 2. The third-order valence-electron chi connectivity index (χ3n) is 4.50. The Morgan fingerprint density at radius 2 is 2.11 bits per heavy atom. The smallest absolute Gasteiger partial charge is 0.320 e. The van der Waals surface area contributed by atoms with Gasteiger partial charge in [-0.25, -0.2) is 9.48 Å². The van der Waals surface area contributed by atoms with Crippen LogP contribution in [0, 0.1) is 6.92 Å². The lowest BCUT2D eigenvalue weighted by Gasteiger charge is -2.31. The van der Waals surface area contributed by atoms with Crippen molar-refractivity contribution in [3.05, 3.63) is 47.7 Å². The summed E-state index contributed by atoms with van der Waals surface area (Å²) in [5.41, 5.74) is 1.92. The number of hydrogen-bond acceptors (Lipinski definition) is 4. The Hall–Kier alpha value is -2.87. The van der Waals surface area contributed by atoms with Crippen LogP contribution in [0.3, 0.4) is 0 Å². The standard InChI is InChI=1S/C19H26N6O2/c1-3-15-12-17(26)23-18(21-15)25-16(11-13(2)24-25)22-19(27)20-10-9-14-7-5-4-6-8-14/h4-8,11,15,18,21H,3,9-10,12H2,1-2H3,(H,23,26)(H2,20,22,27). The van der Waals surface area contributed by atoms with E-state index in [9.17, 15) is 9.59 Å². The topological polar surface area (TPSA) is 100 Å². The molecule has 1 aromatic heterocycles. The van der Waals surface area contributed by atoms with E-state index in [-0.39, 0.29) is 18.0 Å². The van der Waals surface area contributed by atoms with Crippen molar-refractivity contribution < 1.29 is 9.59 Å². The molecule has 144 valence electrons. The SMILES string of the molecule is CCC1CC(=O)NC(n2nc(C)cc2NC(=O)NCCc2ccccc2)N1. The highest BCUT2D eigenvalue weighted by atomic mass is 16.2. The maximum Gasteiger partial charge on any atom is 0.320 e. The average Bonchev–Trinajstić information content (AvgIpc) is 3.02. The first-order valence-corrected chi connectivity index (χ1v) is 9.25. The van der Waals surface area contributed by atoms with Crippen LogP contribution in [0.1, 0.15) is 37.3 Å². The summed E-state index contributed by atoms with van der Waals surface area (Å²) in [7, 11) is 0. The first-order valence-electron chi connectivity index (χ1n) is 9.25. The monoisotopic (exact) mass is 370 g/mol. The van der Waals surface area contributed by atoms with Gasteiger partial charge < -0.3 is 10.6 Å². The lowest BCUT2D eigenvalue weighted by atomic mass is 10.1. The van der Waals surface area contributed by atoms with Crippen molar-refractivity contribution in [1.29, 1.82) is 0 Å². The average molecular weight is 370 g/mol. The van der Waals surface area contributed by atoms with Crippen molar-refractivity contribution in [2.75, 3.05) is 11.9 Å². The van der Waals surface area contributed by atoms with Gasteiger partial charge in [0.15, 0.2) is 6.29 Å². The molecular formula is C19H26N6O2. The molecule has 1 fully saturated rings. The third-order valence-corrected chi connectivity index (χ3v) is 4.50. The van der Waals surface area contributed by atoms with E-state index < -0.39 is 6.29 Å². The first kappa shape index (κ1) is 18.9. The number of benzene rings is 1. The molecule has 2 heterocycles. The highest BCUT2D eigenvalue weighted by molar-refractivity contribution is 5.88. The fourth-order valence-electron chi connectivity index (χ4n) is 3.09. The number of nitrogens with one attached hydrogen (secondary N) is 4. The van der Waals surface area contributed by atoms with Crippen LogP contribution in [0.5, 0.6) is 0 Å². The van der Waals surface area contributed by atoms with Gasteiger partial charge in [0.25, 0.3) is 0 Å². The van der Waals surface area contributed by atoms with Crippen molar-refractivity contribution in [2.45, 2.75) is 45.4 Å². The summed E-state index contributed by atoms with van der Waals surface area (Å²) >= 11 is 0. The number of aryl methyl sites for hydroxylation is 1. The Labute approximate surface area is 158 Å². The molecule has 0 saturated carbocycles. The summed E-state index contributed by atoms with van der Waals surface area (Å²) < 4.78 is 1.60. The highest BCUT2D eigenvalue weighted by Gasteiger charge is 2.28. The maximum atomic E-state index is 12.3. The lowest BCUT2D eigenvalue weighted by molar-refractivity contribution is -0.125. The molecule has 3 amide bonds. The normalized spacial score (nSPS) is 19.4. The zero-order chi connectivity index (χ0) is 19.2. The lowest BCUT2D eigenvalue weighted by Crippen LogP contribution is -2.53. The molecule has 0 spiro atoms. The second-order valence-corrected chi connectivity index (χ2v) is 6.68. The molecule has 1 aliphatic heterocycles. The summed E-state index contributed by atoms with van der Waals surface area (Å²) in [6.45, 7) is 4.40. The number of aromatic nitrogens is 2. The van der Waals surface area contributed by atoms with E-state index in [1.54, 1.807) is 10.7 Å². The highest BCUT2D eigenvalue weighted by Crippen LogP contribution is 2.18. The minimum atomic E-state index is -0.482. The molecule has 0 bridgehead atoms. The fraction of sp³-hybridized carbons (Fsp3) is 0.421. The van der Waals surface area contributed by atoms with Gasteiger partial charge in [-0.2, -0.15) is 5.10 Å². The molecule has 1 aromatic carbocycles. The fourth-order valence-corrected chi connectivity index (χ4v) is 3.09. The zero-order valence-corrected chi connectivity index (χ0v) is 15.7. The van der Waals surface area contributed by atoms with Gasteiger partial charge >= 0.3 is 6.03 Å². The molecule has 0 aliphatic carbocycles. The summed E-state index contributed by atoms with van der Waals surface area (Å²) in [5, 5.41) is 16.3. The quantitative estimate of drug-likeness (QED) is 0.624. The third kappa shape index (κ3) is 5.07. The molecule has 0 radical (unpaired) electrons. The summed E-state index contributed by atoms with van der Waals surface area (Å²) in [6, 6.07) is 11.5. The zero-order valence-electron chi connectivity index (χ0n) is 15.7. The number of rotatable bonds is 6. The van der Waals surface area contributed by atoms with E-state index in [2.05, 4.69) is 26.4 Å². The molecule has 8 heteroatoms. The van der Waals surface area contributed by atoms with E-state index >= 15 is 0 Å². The first-order chi connectivity index (χ1) is 13.0. The van der Waals surface area contributed by atoms with E-state index in [0.717, 1.165) is 18.5 Å². The minimum absolute atomic E-state index is 0.0305. The molecule has 27 heavy (non-hydrogen) atoms. The Kier molecular flexibility index (Phi) is 6.08. The number of carbonyl (C=O) groups is 2. The van der Waals surface area contributed by atoms with Gasteiger partial charge in [-0.15, -0.1) is 0 Å². The van der Waals surface area contributed by atoms with E-state index in [0.29, 0.717) is 18.8 Å². The van der Waals surface area contributed by atoms with Gasteiger partial charge in [0.1, 0.15) is 5.82 Å². The molecule has 1 aliphatic rings. The number of urea groups is 1. The molecule has 8 nitrogen and oxygen atoms in total. The molecule has 2 unspecified atom stereocenters. The minimum Gasteiger partial charge on any atom is -0.337 e. The Balaban J connectivity index is 1.60. The Morgan fingerprint density at radius 1 is 1.33 bits per heavy atom. The molecule has 4 N–H and O–H groups in total. The molecular weight excluding hydrogens is 344 g/mol. The van der Waals surface area contributed by atoms with Gasteiger partial charge in [0.2, 0.25) is 5.91 Å². The van der Waals surface area contributed by atoms with Crippen molar-refractivity contribution in [3.63, 3.8) is 0 Å². The van der Waals surface area contributed by atoms with Crippen LogP contribution in [0.2, 0.25) is 0 Å². The number of anilines is 1. The van der Waals surface area contributed by atoms with Crippen LogP contribution in [0.4, 0.5) is 10.6 Å². The molecule has 2 atom stereocenters. The summed E-state index contributed by atoms with van der Waals surface area (Å²) in [4.78, 5) is 24.2. The Bertz CT molecular complexity index is 789. The van der Waals surface area contributed by atoms with Crippen molar-refractivity contribution in [2.24, 2.45) is 0 Å². The molecule has 2 aromatic rings. The van der Waals surface area contributed by atoms with Crippen molar-refractivity contribution in [1.82, 2.24) is 25.7 Å². The molecule has 3 rings (SSSR count). The maximum absolute atomic E-state index is 12.3.